The van der Waals surface area contributed by atoms with Gasteiger partial charge in [-0.05, 0) is 42.8 Å². The van der Waals surface area contributed by atoms with Gasteiger partial charge in [0, 0.05) is 11.4 Å². The van der Waals surface area contributed by atoms with Gasteiger partial charge in [-0.1, -0.05) is 29.5 Å². The Bertz CT molecular complexity index is 1010. The van der Waals surface area contributed by atoms with Crippen LogP contribution in [0.4, 0.5) is 17.6 Å². The van der Waals surface area contributed by atoms with Gasteiger partial charge in [-0.3, -0.25) is 4.57 Å². The van der Waals surface area contributed by atoms with Crippen LogP contribution in [-0.2, 0) is 11.9 Å². The van der Waals surface area contributed by atoms with Crippen LogP contribution in [0, 0.1) is 12.7 Å². The Morgan fingerprint density at radius 3 is 2.46 bits per heavy atom. The van der Waals surface area contributed by atoms with E-state index in [0.29, 0.717) is 11.3 Å². The number of halogens is 4. The lowest BCUT2D eigenvalue weighted by molar-refractivity contribution is -0.138. The number of aromatic carboxylic acids is 1. The molecule has 4 nitrogen and oxygen atoms in total. The van der Waals surface area contributed by atoms with Crippen molar-refractivity contribution < 1.29 is 27.5 Å². The molecule has 9 heteroatoms. The van der Waals surface area contributed by atoms with Crippen molar-refractivity contribution >= 4 is 17.7 Å². The monoisotopic (exact) mass is 410 g/mol. The van der Waals surface area contributed by atoms with Gasteiger partial charge in [0.25, 0.3) is 0 Å². The fraction of sp³-hybridized carbons (Fsp3) is 0.158. The first-order valence-electron chi connectivity index (χ1n) is 8.03. The molecule has 1 N–H and O–H groups in total. The Hall–Kier alpha value is -2.81. The summed E-state index contributed by atoms with van der Waals surface area (Å²) in [6, 6.07) is 8.94. The molecule has 0 aliphatic rings. The van der Waals surface area contributed by atoms with Crippen molar-refractivity contribution in [3.63, 3.8) is 0 Å². The zero-order chi connectivity index (χ0) is 20.5. The number of carbonyl (C=O) groups is 1. The minimum Gasteiger partial charge on any atom is -0.477 e. The number of carboxylic acid groups (broad SMARTS) is 1. The third-order valence-corrected chi connectivity index (χ3v) is 4.96. The molecule has 0 saturated heterocycles. The van der Waals surface area contributed by atoms with E-state index in [1.54, 1.807) is 6.92 Å². The highest BCUT2D eigenvalue weighted by Crippen LogP contribution is 2.35. The van der Waals surface area contributed by atoms with Crippen LogP contribution in [0.3, 0.4) is 0 Å². The summed E-state index contributed by atoms with van der Waals surface area (Å²) in [4.78, 5) is 15.5. The van der Waals surface area contributed by atoms with E-state index in [1.165, 1.54) is 28.8 Å². The molecule has 0 saturated carbocycles. The van der Waals surface area contributed by atoms with Gasteiger partial charge in [-0.2, -0.15) is 13.2 Å². The van der Waals surface area contributed by atoms with Gasteiger partial charge in [-0.15, -0.1) is 0 Å². The molecule has 0 atom stereocenters. The van der Waals surface area contributed by atoms with Crippen LogP contribution in [0.15, 0.2) is 53.8 Å². The molecular formula is C19H14F4N2O2S. The summed E-state index contributed by atoms with van der Waals surface area (Å²) >= 11 is 0.971. The Labute approximate surface area is 161 Å². The molecule has 1 heterocycles. The highest BCUT2D eigenvalue weighted by molar-refractivity contribution is 7.98. The maximum Gasteiger partial charge on any atom is 0.416 e. The summed E-state index contributed by atoms with van der Waals surface area (Å²) < 4.78 is 54.2. The fourth-order valence-electron chi connectivity index (χ4n) is 2.69. The minimum atomic E-state index is -4.50. The highest BCUT2D eigenvalue weighted by Gasteiger charge is 2.33. The largest absolute Gasteiger partial charge is 0.477 e. The number of benzene rings is 2. The number of thioether (sulfide) groups is 1. The second-order valence-electron chi connectivity index (χ2n) is 5.99. The summed E-state index contributed by atoms with van der Waals surface area (Å²) in [7, 11) is 0. The predicted molar refractivity (Wildman–Crippen MR) is 96.2 cm³/mol. The van der Waals surface area contributed by atoms with Crippen molar-refractivity contribution in [1.29, 1.82) is 0 Å². The van der Waals surface area contributed by atoms with Crippen molar-refractivity contribution in [2.45, 2.75) is 24.0 Å². The highest BCUT2D eigenvalue weighted by atomic mass is 32.2. The van der Waals surface area contributed by atoms with E-state index in [4.69, 9.17) is 0 Å². The van der Waals surface area contributed by atoms with Crippen molar-refractivity contribution in [2.24, 2.45) is 0 Å². The summed E-state index contributed by atoms with van der Waals surface area (Å²) in [5.74, 6) is -1.81. The number of alkyl halides is 3. The Morgan fingerprint density at radius 1 is 1.18 bits per heavy atom. The molecule has 146 valence electrons. The molecule has 0 fully saturated rings. The molecule has 0 aliphatic carbocycles. The van der Waals surface area contributed by atoms with Crippen LogP contribution in [0.2, 0.25) is 0 Å². The van der Waals surface area contributed by atoms with Crippen LogP contribution in [0.25, 0.3) is 5.69 Å². The van der Waals surface area contributed by atoms with Crippen molar-refractivity contribution in [3.05, 3.63) is 76.9 Å². The lowest BCUT2D eigenvalue weighted by Gasteiger charge is -2.14. The lowest BCUT2D eigenvalue weighted by Crippen LogP contribution is -2.10. The number of imidazole rings is 1. The molecule has 3 aromatic rings. The molecule has 1 aromatic heterocycles. The van der Waals surface area contributed by atoms with Gasteiger partial charge in [0.15, 0.2) is 10.9 Å². The second kappa shape index (κ2) is 7.67. The van der Waals surface area contributed by atoms with E-state index in [-0.39, 0.29) is 22.2 Å². The van der Waals surface area contributed by atoms with Gasteiger partial charge >= 0.3 is 12.1 Å². The molecule has 0 amide bonds. The standard InChI is InChI=1S/C19H14F4N2O2S/c1-11-2-7-15(19(21,22)23)12(8-11)10-28-18-24-9-16(17(26)27)25(18)14-5-3-13(20)4-6-14/h2-9H,10H2,1H3,(H,26,27). The average Bonchev–Trinajstić information content (AvgIpc) is 3.04. The third kappa shape index (κ3) is 4.19. The van der Waals surface area contributed by atoms with E-state index in [2.05, 4.69) is 4.98 Å². The van der Waals surface area contributed by atoms with Gasteiger partial charge < -0.3 is 5.11 Å². The zero-order valence-corrected chi connectivity index (χ0v) is 15.3. The average molecular weight is 410 g/mol. The topological polar surface area (TPSA) is 55.1 Å². The Morgan fingerprint density at radius 2 is 1.86 bits per heavy atom. The molecule has 3 rings (SSSR count). The number of hydrogen-bond donors (Lipinski definition) is 1. The summed E-state index contributed by atoms with van der Waals surface area (Å²) in [6.07, 6.45) is -3.38. The molecule has 0 spiro atoms. The van der Waals surface area contributed by atoms with E-state index >= 15 is 0 Å². The van der Waals surface area contributed by atoms with Crippen LogP contribution >= 0.6 is 11.8 Å². The number of aromatic nitrogens is 2. The first-order chi connectivity index (χ1) is 13.2. The molecule has 0 bridgehead atoms. The van der Waals surface area contributed by atoms with Crippen LogP contribution in [0.5, 0.6) is 0 Å². The molecule has 28 heavy (non-hydrogen) atoms. The van der Waals surface area contributed by atoms with Gasteiger partial charge in [-0.25, -0.2) is 14.2 Å². The lowest BCUT2D eigenvalue weighted by atomic mass is 10.1. The second-order valence-corrected chi connectivity index (χ2v) is 6.93. The van der Waals surface area contributed by atoms with E-state index in [0.717, 1.165) is 36.2 Å². The normalized spacial score (nSPS) is 11.6. The molecule has 0 unspecified atom stereocenters. The number of rotatable bonds is 5. The van der Waals surface area contributed by atoms with E-state index in [1.807, 2.05) is 0 Å². The summed E-state index contributed by atoms with van der Waals surface area (Å²) in [5, 5.41) is 9.57. The molecular weight excluding hydrogens is 396 g/mol. The van der Waals surface area contributed by atoms with Crippen molar-refractivity contribution in [3.8, 4) is 5.69 Å². The molecule has 2 aromatic carbocycles. The van der Waals surface area contributed by atoms with E-state index in [9.17, 15) is 27.5 Å². The predicted octanol–water partition coefficient (Wildman–Crippen LogP) is 5.33. The SMILES string of the molecule is Cc1ccc(C(F)(F)F)c(CSc2ncc(C(=O)O)n2-c2ccc(F)cc2)c1. The van der Waals surface area contributed by atoms with Gasteiger partial charge in [0.05, 0.1) is 11.8 Å². The first-order valence-corrected chi connectivity index (χ1v) is 9.02. The van der Waals surface area contributed by atoms with E-state index < -0.39 is 23.5 Å². The maximum absolute atomic E-state index is 13.3. The number of aryl methyl sites for hydroxylation is 1. The quantitative estimate of drug-likeness (QED) is 0.456. The Balaban J connectivity index is 1.98. The van der Waals surface area contributed by atoms with Crippen LogP contribution in [-0.4, -0.2) is 20.6 Å². The smallest absolute Gasteiger partial charge is 0.416 e. The summed E-state index contributed by atoms with van der Waals surface area (Å²) in [5.41, 5.74) is 0.178. The summed E-state index contributed by atoms with van der Waals surface area (Å²) in [6.45, 7) is 1.69. The van der Waals surface area contributed by atoms with Gasteiger partial charge in [0.2, 0.25) is 0 Å². The maximum atomic E-state index is 13.3. The molecule has 0 aliphatic heterocycles. The number of hydrogen-bond acceptors (Lipinski definition) is 3. The number of nitrogens with zero attached hydrogens (tertiary/aromatic N) is 2. The van der Waals surface area contributed by atoms with Crippen LogP contribution < -0.4 is 0 Å². The van der Waals surface area contributed by atoms with Crippen molar-refractivity contribution in [2.75, 3.05) is 0 Å². The third-order valence-electron chi connectivity index (χ3n) is 3.96. The minimum absolute atomic E-state index is 0.0617. The number of carboxylic acids is 1. The van der Waals surface area contributed by atoms with Crippen LogP contribution in [0.1, 0.15) is 27.2 Å². The van der Waals surface area contributed by atoms with Crippen molar-refractivity contribution in [1.82, 2.24) is 9.55 Å². The molecule has 0 radical (unpaired) electrons. The Kier molecular flexibility index (Phi) is 5.46. The first kappa shape index (κ1) is 19.9. The van der Waals surface area contributed by atoms with Gasteiger partial charge in [0.1, 0.15) is 5.82 Å². The zero-order valence-electron chi connectivity index (χ0n) is 14.5. The fourth-order valence-corrected chi connectivity index (χ4v) is 3.67.